The predicted molar refractivity (Wildman–Crippen MR) is 128 cm³/mol. The van der Waals surface area contributed by atoms with Crippen molar-refractivity contribution < 1.29 is 4.79 Å². The summed E-state index contributed by atoms with van der Waals surface area (Å²) in [6, 6.07) is 9.19. The maximum Gasteiger partial charge on any atom is 0.263 e. The van der Waals surface area contributed by atoms with Crippen LogP contribution >= 0.6 is 24.8 Å². The number of pyridine rings is 1. The number of benzene rings is 1. The molecule has 2 N–H and O–H groups in total. The van der Waals surface area contributed by atoms with Crippen LogP contribution in [0.2, 0.25) is 0 Å². The maximum absolute atomic E-state index is 13.1. The topological polar surface area (TPSA) is 88.9 Å². The highest BCUT2D eigenvalue weighted by molar-refractivity contribution is 6.09. The van der Waals surface area contributed by atoms with E-state index in [1.54, 1.807) is 17.7 Å². The molecule has 1 aliphatic heterocycles. The summed E-state index contributed by atoms with van der Waals surface area (Å²) < 4.78 is 1.66. The number of fused-ring (bicyclic) bond motifs is 1. The van der Waals surface area contributed by atoms with Gasteiger partial charge >= 0.3 is 0 Å². The smallest absolute Gasteiger partial charge is 0.263 e. The van der Waals surface area contributed by atoms with Crippen LogP contribution in [0.3, 0.4) is 0 Å². The lowest BCUT2D eigenvalue weighted by Gasteiger charge is -2.23. The molecule has 1 saturated heterocycles. The molecule has 7 nitrogen and oxygen atoms in total. The lowest BCUT2D eigenvalue weighted by Crippen LogP contribution is -2.36. The normalized spacial score (nSPS) is 15.6. The standard InChI is InChI=1S/C22H25N5O2.2ClH/c1-14-8-10-27(13-16-5-4-9-23-12-16)22(29)20(14)21(28)24-18-6-3-7-19-17(18)11-15(2)25-26-19;;/h3,6-8,10-11,16,23H,4-5,9,12-13H2,1-2H3,(H,24,28);2*1H. The zero-order chi connectivity index (χ0) is 20.4. The van der Waals surface area contributed by atoms with E-state index in [1.807, 2.05) is 37.3 Å². The first kappa shape index (κ1) is 24.8. The Morgan fingerprint density at radius 2 is 2.03 bits per heavy atom. The summed E-state index contributed by atoms with van der Waals surface area (Å²) in [5.74, 6) is 0.00488. The van der Waals surface area contributed by atoms with Gasteiger partial charge in [-0.3, -0.25) is 9.59 Å². The van der Waals surface area contributed by atoms with Gasteiger partial charge in [0.2, 0.25) is 0 Å². The highest BCUT2D eigenvalue weighted by atomic mass is 35.5. The number of nitrogens with one attached hydrogen (secondary N) is 2. The second-order valence-corrected chi connectivity index (χ2v) is 7.72. The van der Waals surface area contributed by atoms with E-state index in [4.69, 9.17) is 0 Å². The summed E-state index contributed by atoms with van der Waals surface area (Å²) in [7, 11) is 0. The van der Waals surface area contributed by atoms with E-state index < -0.39 is 5.91 Å². The van der Waals surface area contributed by atoms with Gasteiger partial charge in [0.05, 0.1) is 16.9 Å². The lowest BCUT2D eigenvalue weighted by molar-refractivity contribution is 0.102. The van der Waals surface area contributed by atoms with Crippen LogP contribution in [-0.2, 0) is 6.54 Å². The number of hydrogen-bond donors (Lipinski definition) is 2. The van der Waals surface area contributed by atoms with Crippen LogP contribution in [-0.4, -0.2) is 33.8 Å². The van der Waals surface area contributed by atoms with E-state index in [2.05, 4.69) is 20.8 Å². The number of carbonyl (C=O) groups excluding carboxylic acids is 1. The third-order valence-electron chi connectivity index (χ3n) is 5.45. The summed E-state index contributed by atoms with van der Waals surface area (Å²) in [5, 5.41) is 15.3. The summed E-state index contributed by atoms with van der Waals surface area (Å²) in [4.78, 5) is 26.1. The van der Waals surface area contributed by atoms with Gasteiger partial charge in [-0.15, -0.1) is 24.8 Å². The van der Waals surface area contributed by atoms with Crippen molar-refractivity contribution in [2.45, 2.75) is 33.2 Å². The first-order valence-electron chi connectivity index (χ1n) is 9.98. The zero-order valence-corrected chi connectivity index (χ0v) is 19.2. The minimum Gasteiger partial charge on any atom is -0.321 e. The van der Waals surface area contributed by atoms with Gasteiger partial charge in [0.15, 0.2) is 0 Å². The fourth-order valence-electron chi connectivity index (χ4n) is 3.90. The number of carbonyl (C=O) groups is 1. The minimum absolute atomic E-state index is 0. The molecule has 0 aliphatic carbocycles. The van der Waals surface area contributed by atoms with E-state index >= 15 is 0 Å². The molecule has 0 radical (unpaired) electrons. The van der Waals surface area contributed by atoms with E-state index in [0.29, 0.717) is 29.2 Å². The number of aromatic nitrogens is 3. The van der Waals surface area contributed by atoms with Crippen LogP contribution in [0.5, 0.6) is 0 Å². The molecule has 1 atom stereocenters. The molecule has 166 valence electrons. The Bertz CT molecular complexity index is 1130. The predicted octanol–water partition coefficient (Wildman–Crippen LogP) is 3.50. The highest BCUT2D eigenvalue weighted by Gasteiger charge is 2.20. The average molecular weight is 464 g/mol. The quantitative estimate of drug-likeness (QED) is 0.617. The van der Waals surface area contributed by atoms with Gasteiger partial charge in [-0.1, -0.05) is 6.07 Å². The molecule has 9 heteroatoms. The van der Waals surface area contributed by atoms with Gasteiger partial charge in [-0.05, 0) is 75.5 Å². The van der Waals surface area contributed by atoms with Gasteiger partial charge in [0.1, 0.15) is 5.56 Å². The minimum atomic E-state index is -0.398. The molecule has 2 aromatic heterocycles. The van der Waals surface area contributed by atoms with Crippen LogP contribution in [0, 0.1) is 19.8 Å². The third-order valence-corrected chi connectivity index (χ3v) is 5.45. The number of halogens is 2. The SMILES string of the molecule is Cc1cc2c(NC(=O)c3c(C)ccn(CC4CCCNC4)c3=O)cccc2nn1.Cl.Cl. The molecule has 4 rings (SSSR count). The molecule has 3 aromatic rings. The van der Waals surface area contributed by atoms with Crippen molar-refractivity contribution >= 4 is 47.3 Å². The molecule has 31 heavy (non-hydrogen) atoms. The Morgan fingerprint density at radius 1 is 1.23 bits per heavy atom. The van der Waals surface area contributed by atoms with Crippen molar-refractivity contribution in [2.24, 2.45) is 5.92 Å². The Labute approximate surface area is 193 Å². The largest absolute Gasteiger partial charge is 0.321 e. The molecular formula is C22H27Cl2N5O2. The van der Waals surface area contributed by atoms with Crippen molar-refractivity contribution in [1.29, 1.82) is 0 Å². The van der Waals surface area contributed by atoms with Crippen LogP contribution in [0.25, 0.3) is 10.9 Å². The zero-order valence-electron chi connectivity index (χ0n) is 17.6. The van der Waals surface area contributed by atoms with Crippen molar-refractivity contribution in [3.8, 4) is 0 Å². The molecule has 1 aromatic carbocycles. The Morgan fingerprint density at radius 3 is 2.77 bits per heavy atom. The van der Waals surface area contributed by atoms with Gasteiger partial charge in [0, 0.05) is 18.1 Å². The van der Waals surface area contributed by atoms with E-state index in [0.717, 1.165) is 37.0 Å². The lowest BCUT2D eigenvalue weighted by atomic mass is 9.99. The summed E-state index contributed by atoms with van der Waals surface area (Å²) in [5.41, 5.74) is 2.69. The van der Waals surface area contributed by atoms with Crippen LogP contribution in [0.4, 0.5) is 5.69 Å². The molecule has 0 spiro atoms. The third kappa shape index (κ3) is 5.42. The van der Waals surface area contributed by atoms with Crippen molar-refractivity contribution in [1.82, 2.24) is 20.1 Å². The second-order valence-electron chi connectivity index (χ2n) is 7.72. The first-order valence-corrected chi connectivity index (χ1v) is 9.98. The molecule has 3 heterocycles. The van der Waals surface area contributed by atoms with Crippen molar-refractivity contribution in [3.05, 3.63) is 63.7 Å². The fourth-order valence-corrected chi connectivity index (χ4v) is 3.90. The average Bonchev–Trinajstić information content (AvgIpc) is 2.71. The number of nitrogens with zero attached hydrogens (tertiary/aromatic N) is 3. The summed E-state index contributed by atoms with van der Waals surface area (Å²) in [6.45, 7) is 6.20. The van der Waals surface area contributed by atoms with E-state index in [9.17, 15) is 9.59 Å². The van der Waals surface area contributed by atoms with Crippen molar-refractivity contribution in [2.75, 3.05) is 18.4 Å². The molecule has 0 saturated carbocycles. The summed E-state index contributed by atoms with van der Waals surface area (Å²) >= 11 is 0. The van der Waals surface area contributed by atoms with Crippen LogP contribution in [0.15, 0.2) is 41.3 Å². The molecule has 1 fully saturated rings. The van der Waals surface area contributed by atoms with Gasteiger partial charge in [0.25, 0.3) is 11.5 Å². The van der Waals surface area contributed by atoms with E-state index in [1.165, 1.54) is 0 Å². The molecular weight excluding hydrogens is 437 g/mol. The van der Waals surface area contributed by atoms with Crippen LogP contribution < -0.4 is 16.2 Å². The monoisotopic (exact) mass is 463 g/mol. The summed E-state index contributed by atoms with van der Waals surface area (Å²) in [6.07, 6.45) is 3.99. The number of piperidine rings is 1. The molecule has 1 unspecified atom stereocenters. The van der Waals surface area contributed by atoms with Crippen LogP contribution in [0.1, 0.15) is 34.5 Å². The Kier molecular flexibility index (Phi) is 8.56. The maximum atomic E-state index is 13.1. The number of aryl methyl sites for hydroxylation is 2. The van der Waals surface area contributed by atoms with Crippen molar-refractivity contribution in [3.63, 3.8) is 0 Å². The first-order chi connectivity index (χ1) is 14.0. The Hall–Kier alpha value is -2.48. The van der Waals surface area contributed by atoms with Gasteiger partial charge < -0.3 is 15.2 Å². The van der Waals surface area contributed by atoms with Gasteiger partial charge in [-0.25, -0.2) is 0 Å². The molecule has 1 aliphatic rings. The van der Waals surface area contributed by atoms with Gasteiger partial charge in [-0.2, -0.15) is 10.2 Å². The molecule has 0 bridgehead atoms. The number of rotatable bonds is 4. The molecule has 1 amide bonds. The number of amides is 1. The fraction of sp³-hybridized carbons (Fsp3) is 0.364. The number of anilines is 1. The number of hydrogen-bond acceptors (Lipinski definition) is 5. The van der Waals surface area contributed by atoms with E-state index in [-0.39, 0.29) is 35.9 Å². The highest BCUT2D eigenvalue weighted by Crippen LogP contribution is 2.22. The second kappa shape index (κ2) is 10.7. The Balaban J connectivity index is 0.00000171.